The number of Topliss-reactive ketones (excluding diaryl/α,β-unsaturated/α-hetero) is 1. The summed E-state index contributed by atoms with van der Waals surface area (Å²) in [6.45, 7) is 0. The fraction of sp³-hybridized carbons (Fsp3) is 0.250. The third-order valence-electron chi connectivity index (χ3n) is 6.42. The predicted molar refractivity (Wildman–Crippen MR) is 139 cm³/mol. The highest BCUT2D eigenvalue weighted by Crippen LogP contribution is 2.55. The third-order valence-corrected chi connectivity index (χ3v) is 6.42. The number of nitrogens with zero attached hydrogens (tertiary/aromatic N) is 1. The molecule has 38 heavy (non-hydrogen) atoms. The molecule has 3 aromatic carbocycles. The van der Waals surface area contributed by atoms with Crippen molar-refractivity contribution in [1.29, 1.82) is 0 Å². The van der Waals surface area contributed by atoms with E-state index < -0.39 is 10.8 Å². The van der Waals surface area contributed by atoms with Gasteiger partial charge in [-0.1, -0.05) is 0 Å². The van der Waals surface area contributed by atoms with Crippen LogP contribution >= 0.6 is 0 Å². The third kappa shape index (κ3) is 4.34. The summed E-state index contributed by atoms with van der Waals surface area (Å²) in [6.07, 6.45) is 1.71. The number of ether oxygens (including phenoxy) is 6. The minimum Gasteiger partial charge on any atom is -0.493 e. The molecule has 1 atom stereocenters. The highest BCUT2D eigenvalue weighted by Gasteiger charge is 2.41. The summed E-state index contributed by atoms with van der Waals surface area (Å²) in [5, 5.41) is 11.1. The van der Waals surface area contributed by atoms with Crippen LogP contribution in [0.1, 0.15) is 33.0 Å². The zero-order valence-corrected chi connectivity index (χ0v) is 21.8. The van der Waals surface area contributed by atoms with Crippen LogP contribution in [-0.4, -0.2) is 53.4 Å². The Morgan fingerprint density at radius 2 is 1.26 bits per heavy atom. The molecule has 0 heterocycles. The summed E-state index contributed by atoms with van der Waals surface area (Å²) in [4.78, 5) is 24.6. The second kappa shape index (κ2) is 10.7. The number of hydrogen-bond acceptors (Lipinski definition) is 9. The quantitative estimate of drug-likeness (QED) is 0.216. The van der Waals surface area contributed by atoms with Crippen LogP contribution in [0.5, 0.6) is 34.5 Å². The van der Waals surface area contributed by atoms with E-state index in [-0.39, 0.29) is 11.5 Å². The molecule has 0 fully saturated rings. The SMILES string of the molecule is COc1cc(C2/C(=C/c3ccc([N+](=O)[O-])cc3)C(=O)c3cc(OC)c(OC)c(OC)c32)cc(OC)c1OC. The second-order valence-electron chi connectivity index (χ2n) is 8.28. The van der Waals surface area contributed by atoms with E-state index in [4.69, 9.17) is 28.4 Å². The van der Waals surface area contributed by atoms with Crippen LogP contribution < -0.4 is 28.4 Å². The molecule has 0 bridgehead atoms. The van der Waals surface area contributed by atoms with Crippen LogP contribution in [0.2, 0.25) is 0 Å². The maximum absolute atomic E-state index is 13.9. The number of methoxy groups -OCH3 is 6. The van der Waals surface area contributed by atoms with E-state index in [0.717, 1.165) is 0 Å². The Bertz CT molecular complexity index is 1400. The first-order chi connectivity index (χ1) is 18.3. The Hall–Kier alpha value is -4.73. The van der Waals surface area contributed by atoms with Crippen molar-refractivity contribution < 1.29 is 38.1 Å². The minimum absolute atomic E-state index is 0.0505. The minimum atomic E-state index is -0.629. The lowest BCUT2D eigenvalue weighted by molar-refractivity contribution is -0.384. The average molecular weight is 522 g/mol. The molecule has 198 valence electrons. The molecule has 0 amide bonds. The molecule has 0 saturated heterocycles. The van der Waals surface area contributed by atoms with Gasteiger partial charge in [0.2, 0.25) is 11.5 Å². The first-order valence-corrected chi connectivity index (χ1v) is 11.5. The normalized spacial score (nSPS) is 15.2. The number of hydrogen-bond donors (Lipinski definition) is 0. The highest BCUT2D eigenvalue weighted by atomic mass is 16.6. The van der Waals surface area contributed by atoms with E-state index in [9.17, 15) is 14.9 Å². The largest absolute Gasteiger partial charge is 0.493 e. The lowest BCUT2D eigenvalue weighted by Crippen LogP contribution is -2.06. The summed E-state index contributed by atoms with van der Waals surface area (Å²) in [7, 11) is 8.99. The fourth-order valence-electron chi connectivity index (χ4n) is 4.73. The van der Waals surface area contributed by atoms with Gasteiger partial charge in [-0.05, 0) is 47.5 Å². The number of ketones is 1. The Kier molecular flexibility index (Phi) is 7.43. The molecular formula is C28H27NO9. The highest BCUT2D eigenvalue weighted by molar-refractivity contribution is 6.18. The van der Waals surface area contributed by atoms with Crippen LogP contribution in [0.25, 0.3) is 6.08 Å². The first-order valence-electron chi connectivity index (χ1n) is 11.5. The molecule has 0 spiro atoms. The van der Waals surface area contributed by atoms with Crippen LogP contribution in [-0.2, 0) is 0 Å². The summed E-state index contributed by atoms with van der Waals surface area (Å²) >= 11 is 0. The molecule has 1 unspecified atom stereocenters. The maximum atomic E-state index is 13.9. The second-order valence-corrected chi connectivity index (χ2v) is 8.28. The first kappa shape index (κ1) is 26.3. The zero-order valence-electron chi connectivity index (χ0n) is 21.8. The number of fused-ring (bicyclic) bond motifs is 1. The predicted octanol–water partition coefficient (Wildman–Crippen LogP) is 5.06. The van der Waals surface area contributed by atoms with Crippen molar-refractivity contribution in [2.45, 2.75) is 5.92 Å². The molecule has 1 aliphatic rings. The maximum Gasteiger partial charge on any atom is 0.269 e. The molecule has 0 aliphatic heterocycles. The Labute approximate surface area is 219 Å². The van der Waals surface area contributed by atoms with Gasteiger partial charge in [0.05, 0.1) is 47.6 Å². The van der Waals surface area contributed by atoms with Crippen LogP contribution in [0.4, 0.5) is 5.69 Å². The molecule has 0 radical (unpaired) electrons. The number of benzene rings is 3. The van der Waals surface area contributed by atoms with Crippen LogP contribution in [0.15, 0.2) is 48.0 Å². The van der Waals surface area contributed by atoms with Gasteiger partial charge in [0.25, 0.3) is 5.69 Å². The van der Waals surface area contributed by atoms with Gasteiger partial charge in [0.1, 0.15) is 0 Å². The zero-order chi connectivity index (χ0) is 27.6. The molecule has 0 saturated carbocycles. The van der Waals surface area contributed by atoms with E-state index in [2.05, 4.69) is 0 Å². The van der Waals surface area contributed by atoms with Gasteiger partial charge in [-0.15, -0.1) is 0 Å². The van der Waals surface area contributed by atoms with Crippen LogP contribution in [0, 0.1) is 10.1 Å². The van der Waals surface area contributed by atoms with Gasteiger partial charge in [-0.2, -0.15) is 0 Å². The Morgan fingerprint density at radius 1 is 0.737 bits per heavy atom. The molecule has 3 aromatic rings. The van der Waals surface area contributed by atoms with Gasteiger partial charge in [-0.3, -0.25) is 14.9 Å². The van der Waals surface area contributed by atoms with Crippen molar-refractivity contribution in [3.8, 4) is 34.5 Å². The van der Waals surface area contributed by atoms with Gasteiger partial charge in [0, 0.05) is 34.8 Å². The van der Waals surface area contributed by atoms with Crippen molar-refractivity contribution in [2.75, 3.05) is 42.7 Å². The van der Waals surface area contributed by atoms with Crippen molar-refractivity contribution in [3.05, 3.63) is 80.4 Å². The smallest absolute Gasteiger partial charge is 0.269 e. The fourth-order valence-corrected chi connectivity index (χ4v) is 4.73. The van der Waals surface area contributed by atoms with Crippen molar-refractivity contribution >= 4 is 17.5 Å². The lowest BCUT2D eigenvalue weighted by Gasteiger charge is -2.21. The van der Waals surface area contributed by atoms with Crippen molar-refractivity contribution in [2.24, 2.45) is 0 Å². The number of carbonyl (C=O) groups is 1. The van der Waals surface area contributed by atoms with Crippen molar-refractivity contribution in [3.63, 3.8) is 0 Å². The number of non-ortho nitro benzene ring substituents is 1. The summed E-state index contributed by atoms with van der Waals surface area (Å²) in [6, 6.07) is 11.1. The number of rotatable bonds is 9. The molecular weight excluding hydrogens is 494 g/mol. The van der Waals surface area contributed by atoms with E-state index in [1.807, 2.05) is 0 Å². The molecule has 1 aliphatic carbocycles. The van der Waals surface area contributed by atoms with Crippen molar-refractivity contribution in [1.82, 2.24) is 0 Å². The van der Waals surface area contributed by atoms with Gasteiger partial charge >= 0.3 is 0 Å². The summed E-state index contributed by atoms with van der Waals surface area (Å²) in [5.41, 5.74) is 2.61. The van der Waals surface area contributed by atoms with Gasteiger partial charge in [-0.25, -0.2) is 0 Å². The molecule has 10 nitrogen and oxygen atoms in total. The number of nitro benzene ring substituents is 1. The average Bonchev–Trinajstić information content (AvgIpc) is 3.21. The Balaban J connectivity index is 2.04. The summed E-state index contributed by atoms with van der Waals surface area (Å²) < 4.78 is 33.5. The van der Waals surface area contributed by atoms with E-state index in [0.29, 0.717) is 62.3 Å². The number of allylic oxidation sites excluding steroid dienone is 1. The van der Waals surface area contributed by atoms with Gasteiger partial charge in [0.15, 0.2) is 28.8 Å². The molecule has 0 N–H and O–H groups in total. The Morgan fingerprint density at radius 3 is 1.74 bits per heavy atom. The summed E-state index contributed by atoms with van der Waals surface area (Å²) in [5.74, 6) is 1.39. The number of carbonyl (C=O) groups excluding carboxylic acids is 1. The van der Waals surface area contributed by atoms with Crippen LogP contribution in [0.3, 0.4) is 0 Å². The van der Waals surface area contributed by atoms with E-state index in [1.54, 1.807) is 36.4 Å². The molecule has 4 rings (SSSR count). The van der Waals surface area contributed by atoms with E-state index in [1.165, 1.54) is 54.8 Å². The van der Waals surface area contributed by atoms with E-state index >= 15 is 0 Å². The van der Waals surface area contributed by atoms with Gasteiger partial charge < -0.3 is 28.4 Å². The topological polar surface area (TPSA) is 116 Å². The molecule has 10 heteroatoms. The molecule has 0 aromatic heterocycles. The number of nitro groups is 1. The lowest BCUT2D eigenvalue weighted by atomic mass is 9.87. The monoisotopic (exact) mass is 521 g/mol. The standard InChI is InChI=1S/C28H27NO9/c1-33-20-12-16(13-21(34-2)26(20)36-4)23-18(11-15-7-9-17(10-8-15)29(31)32)25(30)19-14-22(35-3)27(37-5)28(38-6)24(19)23/h7-14,23H,1-6H3/b18-11-.